The van der Waals surface area contributed by atoms with Crippen molar-refractivity contribution in [1.82, 2.24) is 5.32 Å². The molecule has 0 bridgehead atoms. The molecule has 0 aromatic heterocycles. The van der Waals surface area contributed by atoms with Crippen LogP contribution in [0.4, 0.5) is 0 Å². The first-order chi connectivity index (χ1) is 13.6. The molecule has 0 spiro atoms. The van der Waals surface area contributed by atoms with Crippen LogP contribution >= 0.6 is 15.9 Å². The van der Waals surface area contributed by atoms with E-state index in [1.807, 2.05) is 84.9 Å². The third kappa shape index (κ3) is 5.54. The van der Waals surface area contributed by atoms with E-state index in [4.69, 9.17) is 4.74 Å². The number of halogens is 1. The summed E-state index contributed by atoms with van der Waals surface area (Å²) in [6.07, 6.45) is 0. The van der Waals surface area contributed by atoms with Gasteiger partial charge in [0, 0.05) is 4.47 Å². The Hall–Kier alpha value is -2.92. The average molecular weight is 438 g/mol. The van der Waals surface area contributed by atoms with Gasteiger partial charge in [0.1, 0.15) is 13.2 Å². The first-order valence-corrected chi connectivity index (χ1v) is 9.70. The van der Waals surface area contributed by atoms with E-state index in [2.05, 4.69) is 21.2 Å². The molecular formula is C23H20BrNO3. The van der Waals surface area contributed by atoms with Gasteiger partial charge in [0.2, 0.25) is 5.91 Å². The minimum Gasteiger partial charge on any atom is -0.460 e. The fourth-order valence-electron chi connectivity index (χ4n) is 2.84. The van der Waals surface area contributed by atoms with Crippen LogP contribution < -0.4 is 5.32 Å². The molecule has 3 aromatic rings. The van der Waals surface area contributed by atoms with Crippen LogP contribution in [-0.2, 0) is 20.9 Å². The molecule has 142 valence electrons. The van der Waals surface area contributed by atoms with Crippen LogP contribution in [-0.4, -0.2) is 18.4 Å². The maximum absolute atomic E-state index is 12.8. The van der Waals surface area contributed by atoms with Gasteiger partial charge in [-0.3, -0.25) is 9.59 Å². The summed E-state index contributed by atoms with van der Waals surface area (Å²) in [5.74, 6) is -1.20. The second kappa shape index (κ2) is 9.85. The molecule has 0 heterocycles. The topological polar surface area (TPSA) is 55.4 Å². The van der Waals surface area contributed by atoms with Crippen LogP contribution in [0.15, 0.2) is 89.4 Å². The summed E-state index contributed by atoms with van der Waals surface area (Å²) in [4.78, 5) is 24.9. The number of rotatable bonds is 7. The van der Waals surface area contributed by atoms with Crippen molar-refractivity contribution in [1.29, 1.82) is 0 Å². The first kappa shape index (κ1) is 19.8. The lowest BCUT2D eigenvalue weighted by molar-refractivity contribution is -0.145. The maximum atomic E-state index is 12.8. The highest BCUT2D eigenvalue weighted by atomic mass is 79.9. The largest absolute Gasteiger partial charge is 0.460 e. The quantitative estimate of drug-likeness (QED) is 0.555. The van der Waals surface area contributed by atoms with Crippen molar-refractivity contribution >= 4 is 27.8 Å². The summed E-state index contributed by atoms with van der Waals surface area (Å²) < 4.78 is 6.20. The van der Waals surface area contributed by atoms with Gasteiger partial charge in [-0.2, -0.15) is 0 Å². The Morgan fingerprint density at radius 1 is 0.821 bits per heavy atom. The Kier molecular flexibility index (Phi) is 6.98. The average Bonchev–Trinajstić information content (AvgIpc) is 2.73. The van der Waals surface area contributed by atoms with E-state index in [9.17, 15) is 9.59 Å². The van der Waals surface area contributed by atoms with Gasteiger partial charge in [0.15, 0.2) is 0 Å². The number of benzene rings is 3. The first-order valence-electron chi connectivity index (χ1n) is 8.91. The van der Waals surface area contributed by atoms with Crippen LogP contribution in [0.3, 0.4) is 0 Å². The fraction of sp³-hybridized carbons (Fsp3) is 0.130. The van der Waals surface area contributed by atoms with Crippen molar-refractivity contribution in [2.24, 2.45) is 0 Å². The minimum absolute atomic E-state index is 0.169. The van der Waals surface area contributed by atoms with Gasteiger partial charge in [-0.15, -0.1) is 0 Å². The lowest BCUT2D eigenvalue weighted by Crippen LogP contribution is -2.34. The molecule has 0 atom stereocenters. The van der Waals surface area contributed by atoms with E-state index in [1.165, 1.54) is 0 Å². The van der Waals surface area contributed by atoms with Crippen LogP contribution in [0.5, 0.6) is 0 Å². The number of ether oxygens (including phenoxy) is 1. The van der Waals surface area contributed by atoms with Crippen LogP contribution in [0.25, 0.3) is 0 Å². The van der Waals surface area contributed by atoms with Crippen molar-refractivity contribution in [2.45, 2.75) is 12.5 Å². The van der Waals surface area contributed by atoms with Gasteiger partial charge in [0.05, 0.1) is 5.92 Å². The highest BCUT2D eigenvalue weighted by molar-refractivity contribution is 9.10. The highest BCUT2D eigenvalue weighted by Gasteiger charge is 2.23. The number of amides is 1. The van der Waals surface area contributed by atoms with Crippen molar-refractivity contribution in [3.8, 4) is 0 Å². The van der Waals surface area contributed by atoms with E-state index < -0.39 is 11.9 Å². The monoisotopic (exact) mass is 437 g/mol. The Morgan fingerprint density at radius 3 is 1.89 bits per heavy atom. The third-order valence-corrected chi connectivity index (χ3v) is 4.78. The zero-order valence-electron chi connectivity index (χ0n) is 15.2. The molecule has 0 saturated heterocycles. The summed E-state index contributed by atoms with van der Waals surface area (Å²) in [5.41, 5.74) is 2.62. The molecule has 3 rings (SSSR count). The number of hydrogen-bond donors (Lipinski definition) is 1. The normalized spacial score (nSPS) is 10.5. The van der Waals surface area contributed by atoms with E-state index in [1.54, 1.807) is 0 Å². The molecule has 1 amide bonds. The molecule has 0 unspecified atom stereocenters. The molecule has 4 nitrogen and oxygen atoms in total. The van der Waals surface area contributed by atoms with Gasteiger partial charge in [-0.25, -0.2) is 0 Å². The lowest BCUT2D eigenvalue weighted by Gasteiger charge is -2.17. The lowest BCUT2D eigenvalue weighted by atomic mass is 9.90. The van der Waals surface area contributed by atoms with E-state index in [0.29, 0.717) is 0 Å². The van der Waals surface area contributed by atoms with Gasteiger partial charge in [0.25, 0.3) is 0 Å². The molecule has 1 N–H and O–H groups in total. The second-order valence-corrected chi connectivity index (χ2v) is 7.18. The third-order valence-electron chi connectivity index (χ3n) is 4.25. The van der Waals surface area contributed by atoms with Crippen LogP contribution in [0, 0.1) is 0 Å². The fourth-order valence-corrected chi connectivity index (χ4v) is 3.11. The summed E-state index contributed by atoms with van der Waals surface area (Å²) >= 11 is 3.36. The summed E-state index contributed by atoms with van der Waals surface area (Å²) in [6, 6.07) is 26.5. The number of carbonyl (C=O) groups excluding carboxylic acids is 2. The maximum Gasteiger partial charge on any atom is 0.325 e. The van der Waals surface area contributed by atoms with Gasteiger partial charge in [-0.05, 0) is 28.8 Å². The van der Waals surface area contributed by atoms with Crippen LogP contribution in [0.1, 0.15) is 22.6 Å². The Morgan fingerprint density at radius 2 is 1.36 bits per heavy atom. The van der Waals surface area contributed by atoms with Crippen molar-refractivity contribution in [3.05, 3.63) is 106 Å². The van der Waals surface area contributed by atoms with Gasteiger partial charge < -0.3 is 10.1 Å². The van der Waals surface area contributed by atoms with Crippen LogP contribution in [0.2, 0.25) is 0 Å². The molecule has 3 aromatic carbocycles. The summed E-state index contributed by atoms with van der Waals surface area (Å²) in [6.45, 7) is -0.00564. The Balaban J connectivity index is 1.60. The van der Waals surface area contributed by atoms with Crippen molar-refractivity contribution in [3.63, 3.8) is 0 Å². The van der Waals surface area contributed by atoms with Gasteiger partial charge in [-0.1, -0.05) is 88.7 Å². The zero-order valence-corrected chi connectivity index (χ0v) is 16.8. The highest BCUT2D eigenvalue weighted by Crippen LogP contribution is 2.24. The molecular weight excluding hydrogens is 418 g/mol. The summed E-state index contributed by atoms with van der Waals surface area (Å²) in [5, 5.41) is 2.70. The van der Waals surface area contributed by atoms with Crippen molar-refractivity contribution in [2.75, 3.05) is 6.54 Å². The second-order valence-electron chi connectivity index (χ2n) is 6.26. The molecule has 5 heteroatoms. The summed E-state index contributed by atoms with van der Waals surface area (Å²) in [7, 11) is 0. The number of hydrogen-bond acceptors (Lipinski definition) is 3. The number of nitrogens with one attached hydrogen (secondary N) is 1. The van der Waals surface area contributed by atoms with E-state index in [0.717, 1.165) is 21.2 Å². The smallest absolute Gasteiger partial charge is 0.325 e. The molecule has 0 fully saturated rings. The van der Waals surface area contributed by atoms with Crippen molar-refractivity contribution < 1.29 is 14.3 Å². The molecule has 0 aliphatic carbocycles. The zero-order chi connectivity index (χ0) is 19.8. The minimum atomic E-state index is -0.485. The predicted molar refractivity (Wildman–Crippen MR) is 112 cm³/mol. The number of carbonyl (C=O) groups is 2. The standard InChI is InChI=1S/C23H20BrNO3/c24-20-13-11-17(12-14-20)16-28-21(26)15-25-23(27)22(18-7-3-1-4-8-18)19-9-5-2-6-10-19/h1-14,22H,15-16H2,(H,25,27). The van der Waals surface area contributed by atoms with Gasteiger partial charge >= 0.3 is 5.97 Å². The predicted octanol–water partition coefficient (Wildman–Crippen LogP) is 4.44. The Labute approximate surface area is 172 Å². The van der Waals surface area contributed by atoms with E-state index in [-0.39, 0.29) is 19.1 Å². The SMILES string of the molecule is O=C(CNC(=O)C(c1ccccc1)c1ccccc1)OCc1ccc(Br)cc1. The molecule has 0 saturated carbocycles. The Bertz CT molecular complexity index is 872. The molecule has 0 radical (unpaired) electrons. The number of esters is 1. The van der Waals surface area contributed by atoms with E-state index >= 15 is 0 Å². The molecule has 0 aliphatic rings. The molecule has 0 aliphatic heterocycles. The molecule has 28 heavy (non-hydrogen) atoms.